The second-order valence-electron chi connectivity index (χ2n) is 10.0. The number of carboxylic acids is 1. The van der Waals surface area contributed by atoms with Crippen LogP contribution < -0.4 is 5.32 Å². The number of rotatable bonds is 10. The molecule has 0 saturated carbocycles. The summed E-state index contributed by atoms with van der Waals surface area (Å²) in [5, 5.41) is 12.2. The number of carboxylic acid groups (broad SMARTS) is 1. The van der Waals surface area contributed by atoms with Crippen LogP contribution in [-0.2, 0) is 23.7 Å². The van der Waals surface area contributed by atoms with Gasteiger partial charge in [-0.15, -0.1) is 0 Å². The van der Waals surface area contributed by atoms with Gasteiger partial charge in [0.15, 0.2) is 5.78 Å². The largest absolute Gasteiger partial charge is 0.481 e. The summed E-state index contributed by atoms with van der Waals surface area (Å²) in [6, 6.07) is 14.3. The summed E-state index contributed by atoms with van der Waals surface area (Å²) in [4.78, 5) is 27.2. The Morgan fingerprint density at radius 2 is 1.48 bits per heavy atom. The van der Waals surface area contributed by atoms with E-state index in [1.807, 2.05) is 0 Å². The third-order valence-electron chi connectivity index (χ3n) is 6.92. The van der Waals surface area contributed by atoms with Crippen LogP contribution in [-0.4, -0.2) is 21.8 Å². The number of benzene rings is 3. The zero-order valence-corrected chi connectivity index (χ0v) is 23.9. The number of anilines is 1. The summed E-state index contributed by atoms with van der Waals surface area (Å²) in [5.41, 5.74) is 1.40. The molecule has 0 atom stereocenters. The minimum atomic E-state index is -4.61. The second kappa shape index (κ2) is 13.1. The van der Waals surface area contributed by atoms with Crippen LogP contribution in [0, 0.1) is 6.92 Å². The first-order valence-corrected chi connectivity index (χ1v) is 13.6. The molecule has 0 spiro atoms. The summed E-state index contributed by atoms with van der Waals surface area (Å²) in [5.74, 6) is -1.41. The molecule has 0 fully saturated rings. The topological polar surface area (TPSA) is 79.3 Å². The fourth-order valence-electron chi connectivity index (χ4n) is 4.61. The number of nitrogens with zero attached hydrogens (tertiary/aromatic N) is 1. The van der Waals surface area contributed by atoms with Gasteiger partial charge in [-0.1, -0.05) is 35.9 Å². The van der Waals surface area contributed by atoms with E-state index in [1.54, 1.807) is 25.1 Å². The Labute approximate surface area is 253 Å². The van der Waals surface area contributed by atoms with E-state index in [9.17, 15) is 35.9 Å². The van der Waals surface area contributed by atoms with Crippen LogP contribution in [0.2, 0.25) is 5.02 Å². The number of halogens is 7. The summed E-state index contributed by atoms with van der Waals surface area (Å²) < 4.78 is 79.9. The van der Waals surface area contributed by atoms with Gasteiger partial charge in [0.05, 0.1) is 16.1 Å². The lowest BCUT2D eigenvalue weighted by Gasteiger charge is -2.18. The van der Waals surface area contributed by atoms with Crippen molar-refractivity contribution in [1.82, 2.24) is 4.98 Å². The molecule has 44 heavy (non-hydrogen) atoms. The second-order valence-corrected chi connectivity index (χ2v) is 10.5. The quantitative estimate of drug-likeness (QED) is 0.134. The van der Waals surface area contributed by atoms with Crippen LogP contribution in [0.1, 0.15) is 52.0 Å². The highest BCUT2D eigenvalue weighted by Crippen LogP contribution is 2.37. The molecule has 5 nitrogen and oxygen atoms in total. The van der Waals surface area contributed by atoms with Gasteiger partial charge in [0.25, 0.3) is 0 Å². The molecule has 12 heteroatoms. The first-order chi connectivity index (χ1) is 20.6. The number of pyridine rings is 1. The lowest BCUT2D eigenvalue weighted by Crippen LogP contribution is -2.10. The number of carbonyl (C=O) groups excluding carboxylic acids is 1. The molecule has 0 aliphatic rings. The van der Waals surface area contributed by atoms with Crippen molar-refractivity contribution < 1.29 is 41.0 Å². The van der Waals surface area contributed by atoms with Gasteiger partial charge in [-0.25, -0.2) is 0 Å². The molecule has 2 N–H and O–H groups in total. The van der Waals surface area contributed by atoms with Crippen molar-refractivity contribution in [3.05, 3.63) is 106 Å². The van der Waals surface area contributed by atoms with Gasteiger partial charge in [-0.2, -0.15) is 26.3 Å². The normalized spacial score (nSPS) is 11.8. The van der Waals surface area contributed by atoms with Gasteiger partial charge in [-0.3, -0.25) is 14.6 Å². The fourth-order valence-corrected chi connectivity index (χ4v) is 4.90. The lowest BCUT2D eigenvalue weighted by molar-refractivity contribution is -0.138. The molecule has 3 aromatic carbocycles. The van der Waals surface area contributed by atoms with Crippen molar-refractivity contribution in [3.63, 3.8) is 0 Å². The molecular weight excluding hydrogens is 610 g/mol. The van der Waals surface area contributed by atoms with Crippen molar-refractivity contribution in [1.29, 1.82) is 0 Å². The highest BCUT2D eigenvalue weighted by Gasteiger charge is 2.32. The zero-order valence-electron chi connectivity index (χ0n) is 23.1. The van der Waals surface area contributed by atoms with Gasteiger partial charge in [0, 0.05) is 42.4 Å². The molecule has 230 valence electrons. The lowest BCUT2D eigenvalue weighted by atomic mass is 9.93. The molecule has 4 rings (SSSR count). The van der Waals surface area contributed by atoms with Crippen LogP contribution >= 0.6 is 11.6 Å². The van der Waals surface area contributed by atoms with Crippen molar-refractivity contribution in [2.24, 2.45) is 0 Å². The molecular formula is C32H25ClF6N2O3. The Kier molecular flexibility index (Phi) is 9.68. The van der Waals surface area contributed by atoms with Crippen molar-refractivity contribution in [2.75, 3.05) is 5.32 Å². The van der Waals surface area contributed by atoms with Crippen molar-refractivity contribution in [3.8, 4) is 22.3 Å². The van der Waals surface area contributed by atoms with Crippen molar-refractivity contribution in [2.45, 2.75) is 45.1 Å². The Balaban J connectivity index is 1.59. The molecule has 0 saturated heterocycles. The molecule has 1 heterocycles. The number of nitrogens with one attached hydrogen (secondary N) is 1. The fraction of sp³-hybridized carbons (Fsp3) is 0.219. The van der Waals surface area contributed by atoms with E-state index in [-0.39, 0.29) is 47.9 Å². The zero-order chi connectivity index (χ0) is 32.2. The predicted octanol–water partition coefficient (Wildman–Crippen LogP) is 9.46. The van der Waals surface area contributed by atoms with E-state index in [0.29, 0.717) is 33.5 Å². The summed E-state index contributed by atoms with van der Waals surface area (Å²) in [6.07, 6.45) is -7.84. The number of carbonyl (C=O) groups is 2. The monoisotopic (exact) mass is 634 g/mol. The average molecular weight is 635 g/mol. The maximum Gasteiger partial charge on any atom is 0.416 e. The number of hydrogen-bond donors (Lipinski definition) is 2. The first-order valence-electron chi connectivity index (χ1n) is 13.3. The van der Waals surface area contributed by atoms with E-state index in [1.165, 1.54) is 30.5 Å². The first kappa shape index (κ1) is 32.5. The number of ketones is 1. The van der Waals surface area contributed by atoms with Gasteiger partial charge in [0.2, 0.25) is 0 Å². The van der Waals surface area contributed by atoms with E-state index >= 15 is 0 Å². The van der Waals surface area contributed by atoms with E-state index in [2.05, 4.69) is 10.3 Å². The summed E-state index contributed by atoms with van der Waals surface area (Å²) >= 11 is 6.44. The van der Waals surface area contributed by atoms with Crippen LogP contribution in [0.5, 0.6) is 0 Å². The van der Waals surface area contributed by atoms with Crippen LogP contribution in [0.25, 0.3) is 22.3 Å². The molecule has 0 aliphatic heterocycles. The predicted molar refractivity (Wildman–Crippen MR) is 154 cm³/mol. The minimum absolute atomic E-state index is 0.0311. The minimum Gasteiger partial charge on any atom is -0.481 e. The SMILES string of the molecule is Cc1cc(C(F)(F)F)cc(-c2ccc(C(=O)CCCC(=O)O)nc2)c1CNc1ccc(-c2ccc(C(F)(F)F)cc2)c(Cl)c1. The summed E-state index contributed by atoms with van der Waals surface area (Å²) in [6.45, 7) is 1.63. The van der Waals surface area contributed by atoms with Gasteiger partial charge in [-0.05, 0) is 78.1 Å². The molecule has 4 aromatic rings. The van der Waals surface area contributed by atoms with Crippen LogP contribution in [0.4, 0.5) is 32.0 Å². The Hall–Kier alpha value is -4.38. The van der Waals surface area contributed by atoms with E-state index < -0.39 is 29.4 Å². The standard InChI is InChI=1S/C32H25ClF6N2O3/c1-18-13-22(32(37,38)39)14-25(20-7-12-28(41-16-20)29(42)3-2-4-30(43)44)26(18)17-40-23-10-11-24(27(33)15-23)19-5-8-21(9-6-19)31(34,35)36/h5-16,40H,2-4,17H2,1H3,(H,43,44). The summed E-state index contributed by atoms with van der Waals surface area (Å²) in [7, 11) is 0. The van der Waals surface area contributed by atoms with Gasteiger partial charge in [0.1, 0.15) is 5.69 Å². The Morgan fingerprint density at radius 3 is 2.05 bits per heavy atom. The van der Waals surface area contributed by atoms with Gasteiger partial charge < -0.3 is 10.4 Å². The Bertz CT molecular complexity index is 1670. The third-order valence-corrected chi connectivity index (χ3v) is 7.23. The average Bonchev–Trinajstić information content (AvgIpc) is 2.95. The molecule has 0 amide bonds. The molecule has 1 aromatic heterocycles. The van der Waals surface area contributed by atoms with E-state index in [4.69, 9.17) is 16.7 Å². The van der Waals surface area contributed by atoms with Crippen LogP contribution in [0.15, 0.2) is 72.9 Å². The molecule has 0 radical (unpaired) electrons. The highest BCUT2D eigenvalue weighted by atomic mass is 35.5. The number of aliphatic carboxylic acids is 1. The van der Waals surface area contributed by atoms with Crippen LogP contribution in [0.3, 0.4) is 0 Å². The number of aromatic nitrogens is 1. The van der Waals surface area contributed by atoms with Gasteiger partial charge >= 0.3 is 18.3 Å². The maximum atomic E-state index is 13.7. The number of Topliss-reactive ketones (excluding diaryl/α,β-unsaturated/α-hetero) is 1. The molecule has 0 unspecified atom stereocenters. The number of aryl methyl sites for hydroxylation is 1. The third kappa shape index (κ3) is 7.96. The Morgan fingerprint density at radius 1 is 0.818 bits per heavy atom. The number of alkyl halides is 6. The molecule has 0 aliphatic carbocycles. The number of hydrogen-bond acceptors (Lipinski definition) is 4. The maximum absolute atomic E-state index is 13.7. The molecule has 0 bridgehead atoms. The van der Waals surface area contributed by atoms with Crippen molar-refractivity contribution >= 4 is 29.0 Å². The smallest absolute Gasteiger partial charge is 0.416 e. The van der Waals surface area contributed by atoms with E-state index in [0.717, 1.165) is 24.3 Å². The highest BCUT2D eigenvalue weighted by molar-refractivity contribution is 6.33.